The van der Waals surface area contributed by atoms with Gasteiger partial charge in [0.15, 0.2) is 0 Å². The Labute approximate surface area is 82.9 Å². The van der Waals surface area contributed by atoms with Crippen LogP contribution in [0, 0.1) is 22.5 Å². The van der Waals surface area contributed by atoms with Crippen molar-refractivity contribution in [2.24, 2.45) is 0 Å². The topological polar surface area (TPSA) is 68.9 Å². The highest BCUT2D eigenvalue weighted by molar-refractivity contribution is 7.00. The molecule has 5 nitrogen and oxygen atoms in total. The number of nitro groups is 1. The van der Waals surface area contributed by atoms with E-state index in [0.29, 0.717) is 11.0 Å². The molecule has 1 aromatic heterocycles. The van der Waals surface area contributed by atoms with Gasteiger partial charge < -0.3 is 0 Å². The average molecular weight is 205 g/mol. The maximum absolute atomic E-state index is 10.6. The molecule has 2 rings (SSSR count). The number of nitro benzene ring substituents is 1. The number of nitrogens with zero attached hydrogens (tertiary/aromatic N) is 3. The largest absolute Gasteiger partial charge is 0.287 e. The summed E-state index contributed by atoms with van der Waals surface area (Å²) in [5.41, 5.74) is 1.22. The van der Waals surface area contributed by atoms with E-state index in [4.69, 9.17) is 6.42 Å². The molecular formula is C8H3N3O2S. The van der Waals surface area contributed by atoms with Gasteiger partial charge in [-0.15, -0.1) is 6.42 Å². The molecule has 0 unspecified atom stereocenters. The number of hydrogen-bond acceptors (Lipinski definition) is 5. The summed E-state index contributed by atoms with van der Waals surface area (Å²) in [5, 5.41) is 10.6. The molecule has 0 radical (unpaired) electrons. The summed E-state index contributed by atoms with van der Waals surface area (Å²) in [7, 11) is 0. The summed E-state index contributed by atoms with van der Waals surface area (Å²) in [5.74, 6) is 2.25. The van der Waals surface area contributed by atoms with Crippen molar-refractivity contribution in [2.75, 3.05) is 0 Å². The molecule has 0 aliphatic heterocycles. The second kappa shape index (κ2) is 3.05. The van der Waals surface area contributed by atoms with Crippen LogP contribution in [0.15, 0.2) is 12.1 Å². The van der Waals surface area contributed by atoms with E-state index in [1.165, 1.54) is 12.1 Å². The van der Waals surface area contributed by atoms with E-state index in [1.54, 1.807) is 0 Å². The Hall–Kier alpha value is -2.00. The predicted octanol–water partition coefficient (Wildman–Crippen LogP) is 1.58. The molecule has 0 saturated carbocycles. The normalized spacial score (nSPS) is 9.93. The zero-order valence-corrected chi connectivity index (χ0v) is 7.61. The van der Waals surface area contributed by atoms with Gasteiger partial charge in [-0.25, -0.2) is 0 Å². The van der Waals surface area contributed by atoms with E-state index in [2.05, 4.69) is 14.7 Å². The van der Waals surface area contributed by atoms with Crippen LogP contribution in [0.3, 0.4) is 0 Å². The van der Waals surface area contributed by atoms with Crippen molar-refractivity contribution in [3.05, 3.63) is 27.8 Å². The lowest BCUT2D eigenvalue weighted by Crippen LogP contribution is -1.92. The SMILES string of the molecule is C#Cc1cc2nsnc2cc1[N+](=O)[O-]. The highest BCUT2D eigenvalue weighted by Gasteiger charge is 2.14. The first-order valence-electron chi connectivity index (χ1n) is 3.59. The van der Waals surface area contributed by atoms with E-state index < -0.39 is 4.92 Å². The minimum Gasteiger partial charge on any atom is -0.258 e. The molecule has 1 aromatic carbocycles. The molecule has 14 heavy (non-hydrogen) atoms. The fourth-order valence-corrected chi connectivity index (χ4v) is 1.60. The molecule has 0 amide bonds. The van der Waals surface area contributed by atoms with Gasteiger partial charge >= 0.3 is 0 Å². The monoisotopic (exact) mass is 205 g/mol. The fraction of sp³-hybridized carbons (Fsp3) is 0. The highest BCUT2D eigenvalue weighted by atomic mass is 32.1. The lowest BCUT2D eigenvalue weighted by molar-refractivity contribution is -0.385. The van der Waals surface area contributed by atoms with Gasteiger partial charge in [0.05, 0.1) is 16.7 Å². The van der Waals surface area contributed by atoms with Crippen LogP contribution >= 0.6 is 11.7 Å². The van der Waals surface area contributed by atoms with Crippen LogP contribution in [0.1, 0.15) is 5.56 Å². The third-order valence-corrected chi connectivity index (χ3v) is 2.28. The third kappa shape index (κ3) is 1.20. The van der Waals surface area contributed by atoms with Crippen LogP contribution in [0.5, 0.6) is 0 Å². The smallest absolute Gasteiger partial charge is 0.258 e. The second-order valence-electron chi connectivity index (χ2n) is 2.52. The predicted molar refractivity (Wildman–Crippen MR) is 52.0 cm³/mol. The molecule has 0 fully saturated rings. The van der Waals surface area contributed by atoms with Gasteiger partial charge in [0.1, 0.15) is 16.6 Å². The van der Waals surface area contributed by atoms with Crippen LogP contribution in [0.25, 0.3) is 11.0 Å². The second-order valence-corrected chi connectivity index (χ2v) is 3.05. The van der Waals surface area contributed by atoms with Crippen molar-refractivity contribution in [3.63, 3.8) is 0 Å². The van der Waals surface area contributed by atoms with Crippen LogP contribution < -0.4 is 0 Å². The molecule has 0 N–H and O–H groups in total. The maximum atomic E-state index is 10.6. The van der Waals surface area contributed by atoms with Gasteiger partial charge in [0, 0.05) is 6.07 Å². The molecule has 0 aliphatic rings. The van der Waals surface area contributed by atoms with E-state index in [-0.39, 0.29) is 11.3 Å². The summed E-state index contributed by atoms with van der Waals surface area (Å²) < 4.78 is 7.83. The zero-order valence-electron chi connectivity index (χ0n) is 6.80. The van der Waals surface area contributed by atoms with Crippen LogP contribution in [-0.2, 0) is 0 Å². The van der Waals surface area contributed by atoms with Crippen molar-refractivity contribution in [1.29, 1.82) is 0 Å². The molecule has 0 spiro atoms. The third-order valence-electron chi connectivity index (χ3n) is 1.72. The van der Waals surface area contributed by atoms with Gasteiger partial charge in [-0.2, -0.15) is 8.75 Å². The van der Waals surface area contributed by atoms with Crippen molar-refractivity contribution >= 4 is 28.4 Å². The highest BCUT2D eigenvalue weighted by Crippen LogP contribution is 2.23. The Morgan fingerprint density at radius 3 is 2.64 bits per heavy atom. The van der Waals surface area contributed by atoms with Crippen molar-refractivity contribution < 1.29 is 4.92 Å². The van der Waals surface area contributed by atoms with Gasteiger partial charge in [-0.3, -0.25) is 10.1 Å². The van der Waals surface area contributed by atoms with E-state index in [1.807, 2.05) is 0 Å². The molecule has 6 heteroatoms. The maximum Gasteiger partial charge on any atom is 0.287 e. The van der Waals surface area contributed by atoms with Crippen LogP contribution in [0.4, 0.5) is 5.69 Å². The number of aromatic nitrogens is 2. The minimum absolute atomic E-state index is 0.104. The molecule has 0 atom stereocenters. The first-order valence-corrected chi connectivity index (χ1v) is 4.32. The summed E-state index contributed by atoms with van der Waals surface area (Å²) >= 11 is 1.00. The number of hydrogen-bond donors (Lipinski definition) is 0. The molecule has 0 aliphatic carbocycles. The molecule has 0 bridgehead atoms. The van der Waals surface area contributed by atoms with Crippen molar-refractivity contribution in [2.45, 2.75) is 0 Å². The average Bonchev–Trinajstić information content (AvgIpc) is 2.62. The number of rotatable bonds is 1. The van der Waals surface area contributed by atoms with Gasteiger partial charge in [-0.1, -0.05) is 5.92 Å². The Bertz CT molecular complexity index is 555. The molecule has 68 valence electrons. The lowest BCUT2D eigenvalue weighted by Gasteiger charge is -1.94. The summed E-state index contributed by atoms with van der Waals surface area (Å²) in [6.07, 6.45) is 5.15. The molecule has 2 aromatic rings. The van der Waals surface area contributed by atoms with E-state index in [0.717, 1.165) is 11.7 Å². The molecule has 1 heterocycles. The Balaban J connectivity index is 2.81. The molecule has 0 saturated heterocycles. The first-order chi connectivity index (χ1) is 6.72. The Morgan fingerprint density at radius 1 is 1.43 bits per heavy atom. The minimum atomic E-state index is -0.520. The van der Waals surface area contributed by atoms with Crippen molar-refractivity contribution in [3.8, 4) is 12.3 Å². The van der Waals surface area contributed by atoms with E-state index >= 15 is 0 Å². The standard InChI is InChI=1S/C8H3N3O2S/c1-2-5-3-6-7(10-14-9-6)4-8(5)11(12)13/h1,3-4H. The van der Waals surface area contributed by atoms with Crippen LogP contribution in [-0.4, -0.2) is 13.7 Å². The summed E-state index contributed by atoms with van der Waals surface area (Å²) in [6.45, 7) is 0. The molecular weight excluding hydrogens is 202 g/mol. The summed E-state index contributed by atoms with van der Waals surface area (Å²) in [4.78, 5) is 10.1. The number of benzene rings is 1. The number of terminal acetylenes is 1. The van der Waals surface area contributed by atoms with E-state index in [9.17, 15) is 10.1 Å². The zero-order chi connectivity index (χ0) is 10.1. The summed E-state index contributed by atoms with van der Waals surface area (Å²) in [6, 6.07) is 2.84. The van der Waals surface area contributed by atoms with Gasteiger partial charge in [0.25, 0.3) is 5.69 Å². The lowest BCUT2D eigenvalue weighted by atomic mass is 10.1. The fourth-order valence-electron chi connectivity index (χ4n) is 1.09. The van der Waals surface area contributed by atoms with Gasteiger partial charge in [0.2, 0.25) is 0 Å². The first kappa shape index (κ1) is 8.59. The van der Waals surface area contributed by atoms with Crippen molar-refractivity contribution in [1.82, 2.24) is 8.75 Å². The Morgan fingerprint density at radius 2 is 2.07 bits per heavy atom. The van der Waals surface area contributed by atoms with Crippen LogP contribution in [0.2, 0.25) is 0 Å². The number of fused-ring (bicyclic) bond motifs is 1. The van der Waals surface area contributed by atoms with Gasteiger partial charge in [-0.05, 0) is 6.07 Å². The quantitative estimate of drug-likeness (QED) is 0.402. The Kier molecular flexibility index (Phi) is 1.87.